The van der Waals surface area contributed by atoms with E-state index in [9.17, 15) is 23.2 Å². The summed E-state index contributed by atoms with van der Waals surface area (Å²) in [5.41, 5.74) is -0.208. The molecule has 1 saturated heterocycles. The fraction of sp³-hybridized carbons (Fsp3) is 0.667. The van der Waals surface area contributed by atoms with Crippen LogP contribution in [0.4, 0.5) is 0 Å². The predicted octanol–water partition coefficient (Wildman–Crippen LogP) is 0.987. The van der Waals surface area contributed by atoms with Crippen molar-refractivity contribution >= 4 is 40.1 Å². The van der Waals surface area contributed by atoms with Gasteiger partial charge in [0, 0.05) is 11.6 Å². The molecule has 0 radical (unpaired) electrons. The molecule has 1 aliphatic carbocycles. The average Bonchev–Trinajstić information content (AvgIpc) is 3.36. The number of hydrogen-bond donors (Lipinski definition) is 4. The first kappa shape index (κ1) is 24.0. The maximum absolute atomic E-state index is 12.1. The summed E-state index contributed by atoms with van der Waals surface area (Å²) in [6.07, 6.45) is 1.31. The van der Waals surface area contributed by atoms with E-state index in [-0.39, 0.29) is 5.28 Å². The Morgan fingerprint density at radius 3 is 2.53 bits per heavy atom. The van der Waals surface area contributed by atoms with Crippen LogP contribution < -0.4 is 0 Å². The van der Waals surface area contributed by atoms with E-state index in [2.05, 4.69) is 9.97 Å². The van der Waals surface area contributed by atoms with Gasteiger partial charge in [-0.2, -0.15) is 4.98 Å². The first-order valence-corrected chi connectivity index (χ1v) is 14.2. The highest BCUT2D eigenvalue weighted by Crippen LogP contribution is 2.39. The van der Waals surface area contributed by atoms with Crippen LogP contribution in [0.2, 0.25) is 5.28 Å². The lowest BCUT2D eigenvalue weighted by Gasteiger charge is -2.18. The third-order valence-electron chi connectivity index (χ3n) is 5.97. The van der Waals surface area contributed by atoms with Crippen molar-refractivity contribution < 1.29 is 37.7 Å². The van der Waals surface area contributed by atoms with Crippen LogP contribution in [-0.2, 0) is 25.6 Å². The Morgan fingerprint density at radius 2 is 1.88 bits per heavy atom. The summed E-state index contributed by atoms with van der Waals surface area (Å²) in [7, 11) is -9.08. The Hall–Kier alpha value is -1.11. The Balaban J connectivity index is 1.60. The van der Waals surface area contributed by atoms with Crippen molar-refractivity contribution in [2.24, 2.45) is 5.92 Å². The highest BCUT2D eigenvalue weighted by atomic mass is 35.5. The number of fused-ring (bicyclic) bond motifs is 1. The summed E-state index contributed by atoms with van der Waals surface area (Å²) in [5.74, 6) is -0.347. The van der Waals surface area contributed by atoms with Gasteiger partial charge in [0.05, 0.1) is 11.4 Å². The van der Waals surface area contributed by atoms with Crippen LogP contribution in [-0.4, -0.2) is 72.5 Å². The summed E-state index contributed by atoms with van der Waals surface area (Å²) >= 11 is 6.15. The van der Waals surface area contributed by atoms with Gasteiger partial charge in [0.2, 0.25) is 5.28 Å². The van der Waals surface area contributed by atoms with Crippen molar-refractivity contribution in [2.45, 2.75) is 56.6 Å². The molecule has 4 rings (SSSR count). The Bertz CT molecular complexity index is 1150. The molecule has 0 bridgehead atoms. The number of halogens is 1. The largest absolute Gasteiger partial charge is 0.387 e. The van der Waals surface area contributed by atoms with E-state index in [4.69, 9.17) is 26.1 Å². The maximum atomic E-state index is 12.1. The number of sulfone groups is 1. The predicted molar refractivity (Wildman–Crippen MR) is 115 cm³/mol. The fourth-order valence-corrected chi connectivity index (χ4v) is 8.00. The van der Waals surface area contributed by atoms with Crippen LogP contribution in [0.1, 0.15) is 37.6 Å². The quantitative estimate of drug-likeness (QED) is 0.311. The summed E-state index contributed by atoms with van der Waals surface area (Å²) in [5, 5.41) is 21.6. The summed E-state index contributed by atoms with van der Waals surface area (Å²) in [6.45, 7) is 0. The summed E-state index contributed by atoms with van der Waals surface area (Å²) in [4.78, 5) is 26.6. The lowest BCUT2D eigenvalue weighted by Crippen LogP contribution is -2.35. The van der Waals surface area contributed by atoms with Crippen molar-refractivity contribution in [2.75, 3.05) is 11.2 Å². The minimum absolute atomic E-state index is 0.0271. The van der Waals surface area contributed by atoms with Crippen molar-refractivity contribution in [1.29, 1.82) is 0 Å². The van der Waals surface area contributed by atoms with E-state index < -0.39 is 53.2 Å². The number of rotatable bonds is 7. The molecule has 0 unspecified atom stereocenters. The number of aliphatic hydroxyl groups is 2. The smallest absolute Gasteiger partial charge is 0.340 e. The normalized spacial score (nSPS) is 27.5. The van der Waals surface area contributed by atoms with Crippen molar-refractivity contribution in [3.8, 4) is 0 Å². The van der Waals surface area contributed by atoms with Crippen molar-refractivity contribution in [3.63, 3.8) is 0 Å². The third-order valence-corrected chi connectivity index (χ3v) is 9.90. The second kappa shape index (κ2) is 8.92. The van der Waals surface area contributed by atoms with Gasteiger partial charge in [0.15, 0.2) is 21.6 Å². The number of aromatic nitrogens is 3. The van der Waals surface area contributed by atoms with Gasteiger partial charge in [-0.25, -0.2) is 13.4 Å². The zero-order valence-electron chi connectivity index (χ0n) is 17.0. The molecule has 178 valence electrons. The van der Waals surface area contributed by atoms with E-state index in [0.717, 1.165) is 30.3 Å². The number of nitrogens with zero attached hydrogens (tertiary/aromatic N) is 3. The minimum atomic E-state index is -4.82. The molecule has 3 heterocycles. The van der Waals surface area contributed by atoms with Crippen molar-refractivity contribution in [3.05, 3.63) is 23.2 Å². The van der Waals surface area contributed by atoms with Gasteiger partial charge in [-0.1, -0.05) is 25.7 Å². The molecule has 0 amide bonds. The Kier molecular flexibility index (Phi) is 6.70. The zero-order valence-corrected chi connectivity index (χ0v) is 19.5. The highest BCUT2D eigenvalue weighted by molar-refractivity contribution is 7.97. The van der Waals surface area contributed by atoms with Gasteiger partial charge in [-0.15, -0.1) is 0 Å². The second-order valence-electron chi connectivity index (χ2n) is 8.50. The van der Waals surface area contributed by atoms with Gasteiger partial charge < -0.3 is 29.3 Å². The van der Waals surface area contributed by atoms with E-state index in [1.165, 1.54) is 17.4 Å². The molecule has 2 aliphatic rings. The van der Waals surface area contributed by atoms with Crippen LogP contribution in [0.15, 0.2) is 12.3 Å². The molecule has 2 aromatic heterocycles. The first-order chi connectivity index (χ1) is 14.9. The van der Waals surface area contributed by atoms with Crippen LogP contribution >= 0.6 is 19.2 Å². The topological polar surface area (TPSA) is 172 Å². The molecule has 4 atom stereocenters. The van der Waals surface area contributed by atoms with Crippen LogP contribution in [0.5, 0.6) is 0 Å². The lowest BCUT2D eigenvalue weighted by molar-refractivity contribution is -0.0288. The van der Waals surface area contributed by atoms with Gasteiger partial charge in [-0.05, 0) is 30.0 Å². The summed E-state index contributed by atoms with van der Waals surface area (Å²) < 4.78 is 42.4. The van der Waals surface area contributed by atoms with E-state index >= 15 is 0 Å². The second-order valence-corrected chi connectivity index (χ2v) is 13.0. The molecule has 2 aromatic rings. The standard InChI is InChI=1S/C18H25ClN3O8PS/c19-18-20-12(7-10-3-1-2-4-10)11-5-6-22(16(11)21-18)17-15(24)14(23)13(30-17)8-32(28,29)9-31(25,26)27/h5-6,10,13-15,17,23-24H,1-4,7-9H2,(H2,25,26,27)/t13-,14-,15-,17-/m1/s1. The molecule has 32 heavy (non-hydrogen) atoms. The molecule has 4 N–H and O–H groups in total. The first-order valence-electron chi connectivity index (χ1n) is 10.2. The van der Waals surface area contributed by atoms with Gasteiger partial charge >= 0.3 is 7.60 Å². The third kappa shape index (κ3) is 5.18. The fourth-order valence-electron chi connectivity index (χ4n) is 4.57. The van der Waals surface area contributed by atoms with Crippen molar-refractivity contribution in [1.82, 2.24) is 14.5 Å². The van der Waals surface area contributed by atoms with Crippen LogP contribution in [0.25, 0.3) is 11.0 Å². The molecular formula is C18H25ClN3O8PS. The molecule has 1 saturated carbocycles. The maximum Gasteiger partial charge on any atom is 0.340 e. The number of aliphatic hydroxyl groups excluding tert-OH is 2. The highest BCUT2D eigenvalue weighted by Gasteiger charge is 2.46. The molecule has 2 fully saturated rings. The molecule has 0 spiro atoms. The Morgan fingerprint density at radius 1 is 1.19 bits per heavy atom. The Labute approximate surface area is 189 Å². The summed E-state index contributed by atoms with van der Waals surface area (Å²) in [6, 6.07) is 1.76. The molecule has 11 nitrogen and oxygen atoms in total. The van der Waals surface area contributed by atoms with E-state index in [1.54, 1.807) is 12.3 Å². The van der Waals surface area contributed by atoms with Crippen LogP contribution in [0, 0.1) is 5.92 Å². The van der Waals surface area contributed by atoms with E-state index in [0.29, 0.717) is 11.6 Å². The van der Waals surface area contributed by atoms with Crippen LogP contribution in [0.3, 0.4) is 0 Å². The van der Waals surface area contributed by atoms with Gasteiger partial charge in [-0.3, -0.25) is 4.57 Å². The minimum Gasteiger partial charge on any atom is -0.387 e. The molecule has 14 heteroatoms. The number of hydrogen-bond acceptors (Lipinski definition) is 8. The molecular weight excluding hydrogens is 485 g/mol. The molecule has 1 aliphatic heterocycles. The number of ether oxygens (including phenoxy) is 1. The molecule has 0 aromatic carbocycles. The average molecular weight is 510 g/mol. The monoisotopic (exact) mass is 509 g/mol. The zero-order chi connectivity index (χ0) is 23.3. The van der Waals surface area contributed by atoms with Gasteiger partial charge in [0.25, 0.3) is 0 Å². The van der Waals surface area contributed by atoms with Gasteiger partial charge in [0.1, 0.15) is 24.0 Å². The lowest BCUT2D eigenvalue weighted by atomic mass is 10.0. The SMILES string of the molecule is O=P(O)(O)CS(=O)(=O)C[C@H]1O[C@@H](n2ccc3c(CC4CCCC4)nc(Cl)nc32)[C@H](O)[C@@H]1O. The van der Waals surface area contributed by atoms with E-state index in [1.807, 2.05) is 0 Å².